The molecule has 5 rings (SSSR count). The van der Waals surface area contributed by atoms with Crippen LogP contribution in [-0.2, 0) is 11.3 Å². The predicted molar refractivity (Wildman–Crippen MR) is 142 cm³/mol. The molecule has 6 N–H and O–H groups in total. The third kappa shape index (κ3) is 6.27. The van der Waals surface area contributed by atoms with Crippen LogP contribution in [0, 0.1) is 10.8 Å². The monoisotopic (exact) mass is 563 g/mol. The van der Waals surface area contributed by atoms with Gasteiger partial charge in [0, 0.05) is 30.3 Å². The Kier molecular flexibility index (Phi) is 7.98. The second-order valence-electron chi connectivity index (χ2n) is 11.1. The molecule has 12 nitrogen and oxygen atoms in total. The highest BCUT2D eigenvalue weighted by atomic mass is 35.5. The van der Waals surface area contributed by atoms with E-state index >= 15 is 0 Å². The summed E-state index contributed by atoms with van der Waals surface area (Å²) in [6.45, 7) is 1.61. The van der Waals surface area contributed by atoms with Crippen LogP contribution in [0.3, 0.4) is 0 Å². The number of quaternary nitrogens is 1. The van der Waals surface area contributed by atoms with E-state index in [4.69, 9.17) is 26.5 Å². The third-order valence-electron chi connectivity index (χ3n) is 7.75. The van der Waals surface area contributed by atoms with Crippen LogP contribution in [0.4, 0.5) is 11.6 Å². The number of ether oxygens (including phenoxy) is 2. The summed E-state index contributed by atoms with van der Waals surface area (Å²) in [6.07, 6.45) is 2.88. The van der Waals surface area contributed by atoms with E-state index in [1.165, 1.54) is 39.2 Å². The average Bonchev–Trinajstić information content (AvgIpc) is 3.13. The van der Waals surface area contributed by atoms with Crippen molar-refractivity contribution in [3.8, 4) is 5.75 Å². The predicted octanol–water partition coefficient (Wildman–Crippen LogP) is 2.56. The molecule has 13 heteroatoms. The van der Waals surface area contributed by atoms with E-state index in [0.29, 0.717) is 28.1 Å². The first-order valence-corrected chi connectivity index (χ1v) is 13.6. The standard InChI is InChI=1S/C26H36ClN6O6/c1-33(36,37)12-16-6-5-7-17(10-16)38-13-19-20(34)21(35)24(39-19)29-22-18(11-28)23(31-25(27)30-22)32-14-26(15-32)8-3-2-4-9-26/h5-7,10-11,19-21,24,28,34-37H,2-4,8-9,12-15H2,1H3,(H,29,30,31)/q+1/t19?,20-,21-,24?/m1/s1. The highest BCUT2D eigenvalue weighted by Gasteiger charge is 2.46. The van der Waals surface area contributed by atoms with Gasteiger partial charge in [-0.05, 0) is 41.4 Å². The number of anilines is 2. The summed E-state index contributed by atoms with van der Waals surface area (Å²) in [4.78, 5) is 9.56. The van der Waals surface area contributed by atoms with Crippen LogP contribution in [0.5, 0.6) is 5.75 Å². The van der Waals surface area contributed by atoms with Gasteiger partial charge >= 0.3 is 0 Å². The number of aliphatic hydroxyl groups is 2. The maximum Gasteiger partial charge on any atom is 0.226 e. The molecule has 1 aromatic carbocycles. The van der Waals surface area contributed by atoms with Gasteiger partial charge in [-0.15, -0.1) is 0 Å². The number of hydroxylamine groups is 4. The molecule has 0 radical (unpaired) electrons. The molecular formula is C26H36ClN6O6+. The third-order valence-corrected chi connectivity index (χ3v) is 7.91. The van der Waals surface area contributed by atoms with Crippen LogP contribution >= 0.6 is 11.6 Å². The lowest BCUT2D eigenvalue weighted by Gasteiger charge is -2.53. The minimum absolute atomic E-state index is 0.0102. The molecule has 0 amide bonds. The number of hydrogen-bond donors (Lipinski definition) is 6. The molecule has 2 aromatic rings. The van der Waals surface area contributed by atoms with Gasteiger partial charge in [0.05, 0.1) is 5.56 Å². The number of aliphatic hydroxyl groups excluding tert-OH is 2. The summed E-state index contributed by atoms with van der Waals surface area (Å²) < 4.78 is 11.7. The topological polar surface area (TPSA) is 164 Å². The van der Waals surface area contributed by atoms with Gasteiger partial charge in [-0.3, -0.25) is 0 Å². The average molecular weight is 564 g/mol. The molecular weight excluding hydrogens is 528 g/mol. The molecule has 4 atom stereocenters. The first kappa shape index (κ1) is 28.0. The van der Waals surface area contributed by atoms with Crippen LogP contribution in [0.25, 0.3) is 0 Å². The van der Waals surface area contributed by atoms with E-state index in [1.807, 2.05) is 0 Å². The van der Waals surface area contributed by atoms with Crippen molar-refractivity contribution in [1.29, 1.82) is 5.41 Å². The van der Waals surface area contributed by atoms with Gasteiger partial charge < -0.3 is 35.3 Å². The fourth-order valence-electron chi connectivity index (χ4n) is 5.84. The second-order valence-corrected chi connectivity index (χ2v) is 11.4. The quantitative estimate of drug-likeness (QED) is 0.116. The Morgan fingerprint density at radius 1 is 1.21 bits per heavy atom. The van der Waals surface area contributed by atoms with Crippen molar-refractivity contribution < 1.29 is 34.9 Å². The van der Waals surface area contributed by atoms with E-state index in [0.717, 1.165) is 19.3 Å². The smallest absolute Gasteiger partial charge is 0.226 e. The van der Waals surface area contributed by atoms with Crippen LogP contribution in [0.15, 0.2) is 24.3 Å². The molecule has 2 saturated heterocycles. The highest BCUT2D eigenvalue weighted by molar-refractivity contribution is 6.28. The normalized spacial score (nSPS) is 26.4. The van der Waals surface area contributed by atoms with Crippen LogP contribution in [-0.4, -0.2) is 92.9 Å². The molecule has 1 spiro atoms. The van der Waals surface area contributed by atoms with Crippen molar-refractivity contribution in [2.24, 2.45) is 5.41 Å². The van der Waals surface area contributed by atoms with E-state index in [-0.39, 0.29) is 24.3 Å². The molecule has 2 unspecified atom stereocenters. The van der Waals surface area contributed by atoms with Crippen LogP contribution in [0.1, 0.15) is 43.2 Å². The van der Waals surface area contributed by atoms with Gasteiger partial charge in [0.15, 0.2) is 12.8 Å². The highest BCUT2D eigenvalue weighted by Crippen LogP contribution is 2.46. The number of halogens is 1. The van der Waals surface area contributed by atoms with Crippen molar-refractivity contribution in [1.82, 2.24) is 9.97 Å². The molecule has 0 bridgehead atoms. The molecule has 3 aliphatic rings. The summed E-state index contributed by atoms with van der Waals surface area (Å²) >= 11 is 6.26. The zero-order chi connectivity index (χ0) is 27.8. The molecule has 1 aliphatic carbocycles. The molecule has 3 heterocycles. The molecule has 2 aliphatic heterocycles. The largest absolute Gasteiger partial charge is 0.491 e. The maximum atomic E-state index is 10.7. The number of rotatable bonds is 9. The number of nitrogens with one attached hydrogen (secondary N) is 2. The van der Waals surface area contributed by atoms with Crippen molar-refractivity contribution in [3.63, 3.8) is 0 Å². The second kappa shape index (κ2) is 11.1. The summed E-state index contributed by atoms with van der Waals surface area (Å²) in [5.41, 5.74) is 1.38. The van der Waals surface area contributed by atoms with Gasteiger partial charge in [-0.25, -0.2) is 0 Å². The lowest BCUT2D eigenvalue weighted by Crippen LogP contribution is -2.57. The lowest BCUT2D eigenvalue weighted by atomic mass is 9.68. The Morgan fingerprint density at radius 3 is 2.64 bits per heavy atom. The van der Waals surface area contributed by atoms with Crippen molar-refractivity contribution in [2.75, 3.05) is 37.0 Å². The Labute approximate surface area is 231 Å². The van der Waals surface area contributed by atoms with Crippen LogP contribution in [0.2, 0.25) is 5.28 Å². The van der Waals surface area contributed by atoms with Crippen LogP contribution < -0.4 is 15.0 Å². The van der Waals surface area contributed by atoms with E-state index in [2.05, 4.69) is 20.2 Å². The molecule has 1 aromatic heterocycles. The van der Waals surface area contributed by atoms with Gasteiger partial charge in [0.1, 0.15) is 49.4 Å². The van der Waals surface area contributed by atoms with Crippen molar-refractivity contribution >= 4 is 29.5 Å². The summed E-state index contributed by atoms with van der Waals surface area (Å²) in [5, 5.41) is 51.6. The number of hydrogen-bond acceptors (Lipinski definition) is 11. The number of aromatic nitrogens is 2. The lowest BCUT2D eigenvalue weighted by molar-refractivity contribution is -1.24. The number of nitrogens with zero attached hydrogens (tertiary/aromatic N) is 4. The summed E-state index contributed by atoms with van der Waals surface area (Å²) in [5.74, 6) is 1.26. The molecule has 39 heavy (non-hydrogen) atoms. The first-order valence-electron chi connectivity index (χ1n) is 13.2. The van der Waals surface area contributed by atoms with E-state index in [1.54, 1.807) is 24.3 Å². The Hall–Kier alpha value is -2.58. The van der Waals surface area contributed by atoms with Gasteiger partial charge in [-0.1, -0.05) is 31.4 Å². The fraction of sp³-hybridized carbons (Fsp3) is 0.577. The van der Waals surface area contributed by atoms with Gasteiger partial charge in [0.25, 0.3) is 0 Å². The van der Waals surface area contributed by atoms with Crippen molar-refractivity contribution in [3.05, 3.63) is 40.7 Å². The Bertz CT molecular complexity index is 1180. The van der Waals surface area contributed by atoms with Crippen molar-refractivity contribution in [2.45, 2.75) is 63.2 Å². The molecule has 212 valence electrons. The minimum atomic E-state index is -1.29. The van der Waals surface area contributed by atoms with Gasteiger partial charge in [-0.2, -0.15) is 20.4 Å². The summed E-state index contributed by atoms with van der Waals surface area (Å²) in [7, 11) is 1.24. The SMILES string of the molecule is C[N+](O)(O)Cc1cccc(OCC2OC(Nc3nc(Cl)nc(N4CC5(CCCCC5)C4)c3C=N)[C@H](O)[C@@H]2O)c1. The Morgan fingerprint density at radius 2 is 1.95 bits per heavy atom. The zero-order valence-corrected chi connectivity index (χ0v) is 22.6. The van der Waals surface area contributed by atoms with E-state index < -0.39 is 29.3 Å². The minimum Gasteiger partial charge on any atom is -0.491 e. The summed E-state index contributed by atoms with van der Waals surface area (Å²) in [6, 6.07) is 6.81. The molecule has 3 fully saturated rings. The van der Waals surface area contributed by atoms with E-state index in [9.17, 15) is 20.6 Å². The maximum absolute atomic E-state index is 10.7. The van der Waals surface area contributed by atoms with Gasteiger partial charge in [0.2, 0.25) is 5.28 Å². The number of benzene rings is 1. The zero-order valence-electron chi connectivity index (χ0n) is 21.8. The fourth-order valence-corrected chi connectivity index (χ4v) is 6.01. The Balaban J connectivity index is 1.24. The molecule has 1 saturated carbocycles. The first-order chi connectivity index (χ1) is 18.6.